The molecule has 0 radical (unpaired) electrons. The van der Waals surface area contributed by atoms with Gasteiger partial charge in [0.05, 0.1) is 17.7 Å². The Labute approximate surface area is 184 Å². The maximum atomic E-state index is 12.9. The first-order valence-electron chi connectivity index (χ1n) is 9.31. The molecule has 0 aromatic heterocycles. The summed E-state index contributed by atoms with van der Waals surface area (Å²) in [5, 5.41) is 2.71. The zero-order chi connectivity index (χ0) is 22.3. The molecular formula is C22H21FN2O4S2. The van der Waals surface area contributed by atoms with Gasteiger partial charge in [0, 0.05) is 22.8 Å². The fraction of sp³-hybridized carbons (Fsp3) is 0.136. The van der Waals surface area contributed by atoms with Crippen LogP contribution in [0.15, 0.2) is 82.6 Å². The SMILES string of the molecule is COc1ccccc1NS(=O)(=O)c1cccc(NC(=O)CCSc2ccc(F)cc2)c1. The molecule has 0 aliphatic heterocycles. The summed E-state index contributed by atoms with van der Waals surface area (Å²) in [4.78, 5) is 13.1. The van der Waals surface area contributed by atoms with Crippen molar-refractivity contribution in [2.75, 3.05) is 22.9 Å². The Morgan fingerprint density at radius 2 is 1.77 bits per heavy atom. The molecular weight excluding hydrogens is 439 g/mol. The van der Waals surface area contributed by atoms with Crippen LogP contribution in [-0.2, 0) is 14.8 Å². The molecule has 0 saturated heterocycles. The normalized spacial score (nSPS) is 11.0. The minimum atomic E-state index is -3.88. The number of hydrogen-bond acceptors (Lipinski definition) is 5. The molecule has 0 bridgehead atoms. The molecule has 9 heteroatoms. The molecule has 3 rings (SSSR count). The van der Waals surface area contributed by atoms with E-state index in [0.29, 0.717) is 22.9 Å². The maximum absolute atomic E-state index is 12.9. The van der Waals surface area contributed by atoms with Gasteiger partial charge in [-0.25, -0.2) is 12.8 Å². The van der Waals surface area contributed by atoms with Gasteiger partial charge in [0.1, 0.15) is 11.6 Å². The second-order valence-corrected chi connectivity index (χ2v) is 9.28. The van der Waals surface area contributed by atoms with Crippen LogP contribution >= 0.6 is 11.8 Å². The molecule has 3 aromatic rings. The Kier molecular flexibility index (Phi) is 7.54. The molecule has 6 nitrogen and oxygen atoms in total. The van der Waals surface area contributed by atoms with E-state index in [2.05, 4.69) is 10.0 Å². The minimum absolute atomic E-state index is 0.0110. The van der Waals surface area contributed by atoms with Crippen molar-refractivity contribution in [3.63, 3.8) is 0 Å². The van der Waals surface area contributed by atoms with Crippen molar-refractivity contribution in [2.45, 2.75) is 16.2 Å². The average molecular weight is 461 g/mol. The molecule has 0 aliphatic rings. The summed E-state index contributed by atoms with van der Waals surface area (Å²) in [6, 6.07) is 18.7. The quantitative estimate of drug-likeness (QED) is 0.450. The van der Waals surface area contributed by atoms with Gasteiger partial charge in [-0.2, -0.15) is 0 Å². The molecule has 0 heterocycles. The Balaban J connectivity index is 1.61. The highest BCUT2D eigenvalue weighted by Gasteiger charge is 2.17. The van der Waals surface area contributed by atoms with Crippen LogP contribution in [0.25, 0.3) is 0 Å². The number of carbonyl (C=O) groups is 1. The summed E-state index contributed by atoms with van der Waals surface area (Å²) in [5.74, 6) is 0.346. The van der Waals surface area contributed by atoms with Crippen molar-refractivity contribution in [1.29, 1.82) is 0 Å². The number of hydrogen-bond donors (Lipinski definition) is 2. The van der Waals surface area contributed by atoms with E-state index in [-0.39, 0.29) is 23.0 Å². The monoisotopic (exact) mass is 460 g/mol. The first kappa shape index (κ1) is 22.6. The van der Waals surface area contributed by atoms with Crippen molar-refractivity contribution in [2.24, 2.45) is 0 Å². The van der Waals surface area contributed by atoms with E-state index in [4.69, 9.17) is 4.74 Å². The average Bonchev–Trinajstić information content (AvgIpc) is 2.75. The molecule has 2 N–H and O–H groups in total. The van der Waals surface area contributed by atoms with E-state index in [9.17, 15) is 17.6 Å². The number of methoxy groups -OCH3 is 1. The predicted octanol–water partition coefficient (Wildman–Crippen LogP) is 4.76. The molecule has 0 atom stereocenters. The highest BCUT2D eigenvalue weighted by Crippen LogP contribution is 2.27. The van der Waals surface area contributed by atoms with Gasteiger partial charge in [-0.1, -0.05) is 18.2 Å². The van der Waals surface area contributed by atoms with Crippen LogP contribution in [0.2, 0.25) is 0 Å². The van der Waals surface area contributed by atoms with Crippen LogP contribution in [0.4, 0.5) is 15.8 Å². The second-order valence-electron chi connectivity index (χ2n) is 6.43. The lowest BCUT2D eigenvalue weighted by Gasteiger charge is -2.12. The lowest BCUT2D eigenvalue weighted by atomic mass is 10.3. The topological polar surface area (TPSA) is 84.5 Å². The van der Waals surface area contributed by atoms with E-state index >= 15 is 0 Å². The van der Waals surface area contributed by atoms with E-state index < -0.39 is 10.0 Å². The van der Waals surface area contributed by atoms with Gasteiger partial charge in [0.2, 0.25) is 5.91 Å². The molecule has 3 aromatic carbocycles. The smallest absolute Gasteiger partial charge is 0.262 e. The first-order valence-corrected chi connectivity index (χ1v) is 11.8. The summed E-state index contributed by atoms with van der Waals surface area (Å²) in [7, 11) is -2.42. The van der Waals surface area contributed by atoms with E-state index in [1.54, 1.807) is 48.5 Å². The van der Waals surface area contributed by atoms with Crippen LogP contribution in [0, 0.1) is 5.82 Å². The van der Waals surface area contributed by atoms with Crippen molar-refractivity contribution >= 4 is 39.1 Å². The number of benzene rings is 3. The van der Waals surface area contributed by atoms with Gasteiger partial charge in [-0.05, 0) is 54.6 Å². The third kappa shape index (κ3) is 6.47. The first-order chi connectivity index (χ1) is 14.9. The van der Waals surface area contributed by atoms with Gasteiger partial charge in [0.15, 0.2) is 0 Å². The molecule has 0 aliphatic carbocycles. The summed E-state index contributed by atoms with van der Waals surface area (Å²) in [6.07, 6.45) is 0.221. The van der Waals surface area contributed by atoms with E-state index in [1.807, 2.05) is 0 Å². The van der Waals surface area contributed by atoms with Crippen LogP contribution in [0.3, 0.4) is 0 Å². The number of para-hydroxylation sites is 2. The number of anilines is 2. The predicted molar refractivity (Wildman–Crippen MR) is 121 cm³/mol. The van der Waals surface area contributed by atoms with Crippen molar-refractivity contribution in [3.8, 4) is 5.75 Å². The standard InChI is InChI=1S/C22H21FN2O4S2/c1-29-21-8-3-2-7-20(21)25-31(27,28)19-6-4-5-17(15-19)24-22(26)13-14-30-18-11-9-16(23)10-12-18/h2-12,15,25H,13-14H2,1H3,(H,24,26). The van der Waals surface area contributed by atoms with E-state index in [1.165, 1.54) is 43.1 Å². The number of ether oxygens (including phenoxy) is 1. The Morgan fingerprint density at radius 3 is 2.52 bits per heavy atom. The number of carbonyl (C=O) groups excluding carboxylic acids is 1. The molecule has 1 amide bonds. The van der Waals surface area contributed by atoms with Gasteiger partial charge in [0.25, 0.3) is 10.0 Å². The third-order valence-electron chi connectivity index (χ3n) is 4.19. The van der Waals surface area contributed by atoms with Crippen LogP contribution in [-0.4, -0.2) is 27.2 Å². The van der Waals surface area contributed by atoms with Crippen LogP contribution in [0.1, 0.15) is 6.42 Å². The fourth-order valence-electron chi connectivity index (χ4n) is 2.69. The van der Waals surface area contributed by atoms with Gasteiger partial charge in [-0.3, -0.25) is 9.52 Å². The van der Waals surface area contributed by atoms with Gasteiger partial charge >= 0.3 is 0 Å². The maximum Gasteiger partial charge on any atom is 0.262 e. The van der Waals surface area contributed by atoms with Crippen molar-refractivity contribution in [3.05, 3.63) is 78.6 Å². The minimum Gasteiger partial charge on any atom is -0.495 e. The molecule has 0 fully saturated rings. The molecule has 0 spiro atoms. The number of nitrogens with one attached hydrogen (secondary N) is 2. The van der Waals surface area contributed by atoms with Crippen LogP contribution < -0.4 is 14.8 Å². The number of rotatable bonds is 9. The van der Waals surface area contributed by atoms with Gasteiger partial charge < -0.3 is 10.1 Å². The molecule has 31 heavy (non-hydrogen) atoms. The lowest BCUT2D eigenvalue weighted by molar-refractivity contribution is -0.115. The molecule has 0 unspecified atom stereocenters. The highest BCUT2D eigenvalue weighted by molar-refractivity contribution is 7.99. The second kappa shape index (κ2) is 10.3. The third-order valence-corrected chi connectivity index (χ3v) is 6.57. The lowest BCUT2D eigenvalue weighted by Crippen LogP contribution is -2.15. The van der Waals surface area contributed by atoms with Crippen LogP contribution in [0.5, 0.6) is 5.75 Å². The summed E-state index contributed by atoms with van der Waals surface area (Å²) < 4.78 is 46.1. The van der Waals surface area contributed by atoms with Crippen molar-refractivity contribution < 1.29 is 22.3 Å². The summed E-state index contributed by atoms with van der Waals surface area (Å²) in [6.45, 7) is 0. The largest absolute Gasteiger partial charge is 0.495 e. The number of sulfonamides is 1. The Bertz CT molecular complexity index is 1150. The molecule has 162 valence electrons. The summed E-state index contributed by atoms with van der Waals surface area (Å²) in [5.41, 5.74) is 0.692. The Morgan fingerprint density at radius 1 is 1.03 bits per heavy atom. The van der Waals surface area contributed by atoms with E-state index in [0.717, 1.165) is 4.90 Å². The molecule has 0 saturated carbocycles. The van der Waals surface area contributed by atoms with Gasteiger partial charge in [-0.15, -0.1) is 11.8 Å². The fourth-order valence-corrected chi connectivity index (χ4v) is 4.66. The number of thioether (sulfide) groups is 1. The highest BCUT2D eigenvalue weighted by atomic mass is 32.2. The number of halogens is 1. The van der Waals surface area contributed by atoms with Crippen molar-refractivity contribution in [1.82, 2.24) is 0 Å². The summed E-state index contributed by atoms with van der Waals surface area (Å²) >= 11 is 1.43. The zero-order valence-electron chi connectivity index (χ0n) is 16.7. The zero-order valence-corrected chi connectivity index (χ0v) is 18.3. The Hall–Kier alpha value is -3.04. The number of amides is 1.